The maximum Gasteiger partial charge on any atom is 0.243 e. The van der Waals surface area contributed by atoms with Crippen molar-refractivity contribution in [1.29, 1.82) is 0 Å². The fraction of sp³-hybridized carbons (Fsp3) is 0.667. The second kappa shape index (κ2) is 5.57. The predicted molar refractivity (Wildman–Crippen MR) is 55.7 cm³/mol. The Kier molecular flexibility index (Phi) is 4.38. The van der Waals surface area contributed by atoms with E-state index in [-0.39, 0.29) is 12.6 Å². The standard InChI is InChI=1S/C9H16N4O2/c1-6-7(2)12-13-9(10-6)11-8(4-14)5-15-3/h8,14H,4-5H2,1-3H3,(H,10,11,13). The Hall–Kier alpha value is -1.27. The summed E-state index contributed by atoms with van der Waals surface area (Å²) in [5.74, 6) is 0.411. The number of aromatic nitrogens is 3. The van der Waals surface area contributed by atoms with E-state index in [1.54, 1.807) is 7.11 Å². The average Bonchev–Trinajstić information content (AvgIpc) is 2.23. The van der Waals surface area contributed by atoms with Crippen LogP contribution in [0.15, 0.2) is 0 Å². The lowest BCUT2D eigenvalue weighted by molar-refractivity contribution is 0.153. The van der Waals surface area contributed by atoms with Crippen molar-refractivity contribution in [2.75, 3.05) is 25.6 Å². The van der Waals surface area contributed by atoms with Gasteiger partial charge in [0.05, 0.1) is 30.6 Å². The van der Waals surface area contributed by atoms with Crippen molar-refractivity contribution in [2.45, 2.75) is 19.9 Å². The molecule has 1 unspecified atom stereocenters. The van der Waals surface area contributed by atoms with Gasteiger partial charge >= 0.3 is 0 Å². The third-order valence-corrected chi connectivity index (χ3v) is 2.01. The van der Waals surface area contributed by atoms with Crippen molar-refractivity contribution in [3.8, 4) is 0 Å². The predicted octanol–water partition coefficient (Wildman–Crippen LogP) is -0.0924. The minimum atomic E-state index is -0.209. The van der Waals surface area contributed by atoms with E-state index in [9.17, 15) is 0 Å². The zero-order chi connectivity index (χ0) is 11.3. The molecule has 0 bridgehead atoms. The van der Waals surface area contributed by atoms with E-state index in [0.29, 0.717) is 12.6 Å². The number of ether oxygens (including phenoxy) is 1. The molecule has 2 N–H and O–H groups in total. The SMILES string of the molecule is COCC(CO)Nc1nnc(C)c(C)n1. The molecular formula is C9H16N4O2. The lowest BCUT2D eigenvalue weighted by Gasteiger charge is -2.14. The number of nitrogens with zero attached hydrogens (tertiary/aromatic N) is 3. The zero-order valence-corrected chi connectivity index (χ0v) is 9.19. The minimum absolute atomic E-state index is 0.0376. The summed E-state index contributed by atoms with van der Waals surface area (Å²) in [6, 6.07) is -0.209. The van der Waals surface area contributed by atoms with Crippen LogP contribution in [-0.2, 0) is 4.74 Å². The Morgan fingerprint density at radius 3 is 2.60 bits per heavy atom. The van der Waals surface area contributed by atoms with E-state index in [2.05, 4.69) is 20.5 Å². The van der Waals surface area contributed by atoms with Crippen LogP contribution in [-0.4, -0.2) is 46.7 Å². The molecule has 1 aromatic heterocycles. The lowest BCUT2D eigenvalue weighted by Crippen LogP contribution is -2.30. The van der Waals surface area contributed by atoms with E-state index in [1.165, 1.54) is 0 Å². The molecule has 84 valence electrons. The largest absolute Gasteiger partial charge is 0.394 e. The van der Waals surface area contributed by atoms with E-state index < -0.39 is 0 Å². The summed E-state index contributed by atoms with van der Waals surface area (Å²) < 4.78 is 4.92. The molecule has 6 heteroatoms. The van der Waals surface area contributed by atoms with Crippen molar-refractivity contribution in [2.24, 2.45) is 0 Å². The molecule has 15 heavy (non-hydrogen) atoms. The number of aliphatic hydroxyl groups excluding tert-OH is 1. The first-order chi connectivity index (χ1) is 7.17. The molecule has 0 spiro atoms. The Bertz CT molecular complexity index is 319. The Morgan fingerprint density at radius 1 is 1.33 bits per heavy atom. The second-order valence-corrected chi connectivity index (χ2v) is 3.29. The zero-order valence-electron chi connectivity index (χ0n) is 9.19. The van der Waals surface area contributed by atoms with Gasteiger partial charge in [0, 0.05) is 7.11 Å². The summed E-state index contributed by atoms with van der Waals surface area (Å²) in [6.45, 7) is 4.06. The molecule has 0 saturated heterocycles. The molecule has 0 fully saturated rings. The summed E-state index contributed by atoms with van der Waals surface area (Å²) in [7, 11) is 1.57. The highest BCUT2D eigenvalue weighted by atomic mass is 16.5. The molecule has 1 aromatic rings. The highest BCUT2D eigenvalue weighted by Crippen LogP contribution is 2.03. The van der Waals surface area contributed by atoms with E-state index in [1.807, 2.05) is 13.8 Å². The van der Waals surface area contributed by atoms with Gasteiger partial charge in [0.1, 0.15) is 0 Å². The van der Waals surface area contributed by atoms with Gasteiger partial charge in [-0.25, -0.2) is 4.98 Å². The quantitative estimate of drug-likeness (QED) is 0.710. The van der Waals surface area contributed by atoms with Crippen LogP contribution in [0, 0.1) is 13.8 Å². The Morgan fingerprint density at radius 2 is 2.07 bits per heavy atom. The fourth-order valence-corrected chi connectivity index (χ4v) is 1.04. The first kappa shape index (κ1) is 11.8. The van der Waals surface area contributed by atoms with Crippen LogP contribution in [0.5, 0.6) is 0 Å². The van der Waals surface area contributed by atoms with Crippen LogP contribution < -0.4 is 5.32 Å². The number of aryl methyl sites for hydroxylation is 2. The van der Waals surface area contributed by atoms with Crippen molar-refractivity contribution >= 4 is 5.95 Å². The highest BCUT2D eigenvalue weighted by molar-refractivity contribution is 5.26. The van der Waals surface area contributed by atoms with E-state index >= 15 is 0 Å². The van der Waals surface area contributed by atoms with Gasteiger partial charge in [-0.3, -0.25) is 0 Å². The van der Waals surface area contributed by atoms with Crippen LogP contribution in [0.3, 0.4) is 0 Å². The first-order valence-corrected chi connectivity index (χ1v) is 4.71. The smallest absolute Gasteiger partial charge is 0.243 e. The van der Waals surface area contributed by atoms with Gasteiger partial charge in [0.2, 0.25) is 5.95 Å². The fourth-order valence-electron chi connectivity index (χ4n) is 1.04. The third kappa shape index (κ3) is 3.41. The number of hydrogen-bond donors (Lipinski definition) is 2. The summed E-state index contributed by atoms with van der Waals surface area (Å²) in [5.41, 5.74) is 1.62. The maximum atomic E-state index is 9.02. The number of nitrogens with one attached hydrogen (secondary N) is 1. The second-order valence-electron chi connectivity index (χ2n) is 3.29. The molecule has 0 amide bonds. The molecule has 0 radical (unpaired) electrons. The van der Waals surface area contributed by atoms with Crippen molar-refractivity contribution in [1.82, 2.24) is 15.2 Å². The molecule has 0 aliphatic rings. The van der Waals surface area contributed by atoms with Gasteiger partial charge < -0.3 is 15.2 Å². The van der Waals surface area contributed by atoms with Crippen LogP contribution >= 0.6 is 0 Å². The highest BCUT2D eigenvalue weighted by Gasteiger charge is 2.09. The average molecular weight is 212 g/mol. The molecular weight excluding hydrogens is 196 g/mol. The first-order valence-electron chi connectivity index (χ1n) is 4.71. The third-order valence-electron chi connectivity index (χ3n) is 2.01. The molecule has 6 nitrogen and oxygen atoms in total. The lowest BCUT2D eigenvalue weighted by atomic mass is 10.3. The van der Waals surface area contributed by atoms with Gasteiger partial charge in [-0.05, 0) is 13.8 Å². The number of hydrogen-bond acceptors (Lipinski definition) is 6. The van der Waals surface area contributed by atoms with Gasteiger partial charge in [-0.1, -0.05) is 0 Å². The normalized spacial score (nSPS) is 12.5. The van der Waals surface area contributed by atoms with E-state index in [4.69, 9.17) is 9.84 Å². The van der Waals surface area contributed by atoms with Gasteiger partial charge in [0.15, 0.2) is 0 Å². The monoisotopic (exact) mass is 212 g/mol. The molecule has 0 aromatic carbocycles. The summed E-state index contributed by atoms with van der Waals surface area (Å²) >= 11 is 0. The molecule has 1 heterocycles. The Balaban J connectivity index is 2.66. The Labute approximate surface area is 88.7 Å². The topological polar surface area (TPSA) is 80.2 Å². The van der Waals surface area contributed by atoms with Gasteiger partial charge in [-0.15, -0.1) is 5.10 Å². The summed E-state index contributed by atoms with van der Waals surface area (Å²) in [5, 5.41) is 19.8. The number of methoxy groups -OCH3 is 1. The van der Waals surface area contributed by atoms with Crippen molar-refractivity contribution < 1.29 is 9.84 Å². The van der Waals surface area contributed by atoms with Crippen LogP contribution in [0.4, 0.5) is 5.95 Å². The minimum Gasteiger partial charge on any atom is -0.394 e. The van der Waals surface area contributed by atoms with Gasteiger partial charge in [0.25, 0.3) is 0 Å². The van der Waals surface area contributed by atoms with Crippen molar-refractivity contribution in [3.05, 3.63) is 11.4 Å². The summed E-state index contributed by atoms with van der Waals surface area (Å²) in [6.07, 6.45) is 0. The van der Waals surface area contributed by atoms with Crippen molar-refractivity contribution in [3.63, 3.8) is 0 Å². The molecule has 1 rings (SSSR count). The molecule has 0 aliphatic carbocycles. The van der Waals surface area contributed by atoms with E-state index in [0.717, 1.165) is 11.4 Å². The molecule has 1 atom stereocenters. The van der Waals surface area contributed by atoms with Crippen LogP contribution in [0.25, 0.3) is 0 Å². The molecule has 0 saturated carbocycles. The summed E-state index contributed by atoms with van der Waals surface area (Å²) in [4.78, 5) is 4.19. The van der Waals surface area contributed by atoms with Crippen LogP contribution in [0.1, 0.15) is 11.4 Å². The number of rotatable bonds is 5. The molecule has 0 aliphatic heterocycles. The van der Waals surface area contributed by atoms with Crippen LogP contribution in [0.2, 0.25) is 0 Å². The van der Waals surface area contributed by atoms with Gasteiger partial charge in [-0.2, -0.15) is 5.10 Å². The number of aliphatic hydroxyl groups is 1. The number of anilines is 1. The maximum absolute atomic E-state index is 9.02.